The highest BCUT2D eigenvalue weighted by Gasteiger charge is 2.27. The normalized spacial score (nSPS) is 19.8. The number of nitrogens with zero attached hydrogens (tertiary/aromatic N) is 1. The molecule has 4 nitrogen and oxygen atoms in total. The summed E-state index contributed by atoms with van der Waals surface area (Å²) in [5.74, 6) is -0.250. The summed E-state index contributed by atoms with van der Waals surface area (Å²) in [5.41, 5.74) is 1.53. The van der Waals surface area contributed by atoms with E-state index in [4.69, 9.17) is 4.74 Å². The first-order valence-corrected chi connectivity index (χ1v) is 7.13. The van der Waals surface area contributed by atoms with Gasteiger partial charge < -0.3 is 10.1 Å². The molecule has 0 fully saturated rings. The summed E-state index contributed by atoms with van der Waals surface area (Å²) < 4.78 is 5.08. The molecule has 1 aliphatic heterocycles. The van der Waals surface area contributed by atoms with Gasteiger partial charge in [0.05, 0.1) is 18.2 Å². The van der Waals surface area contributed by atoms with Crippen LogP contribution in [0.25, 0.3) is 0 Å². The molecule has 1 rings (SSSR count). The van der Waals surface area contributed by atoms with Crippen molar-refractivity contribution < 1.29 is 9.53 Å². The summed E-state index contributed by atoms with van der Waals surface area (Å²) >= 11 is 1.56. The number of nitrogens with one attached hydrogen (secondary N) is 1. The monoisotopic (exact) mass is 256 g/mol. The van der Waals surface area contributed by atoms with Gasteiger partial charge in [-0.15, -0.1) is 0 Å². The highest BCUT2D eigenvalue weighted by molar-refractivity contribution is 8.13. The second kappa shape index (κ2) is 6.69. The van der Waals surface area contributed by atoms with Crippen molar-refractivity contribution in [2.24, 2.45) is 4.99 Å². The molecule has 0 aromatic rings. The van der Waals surface area contributed by atoms with E-state index in [0.29, 0.717) is 12.2 Å². The van der Waals surface area contributed by atoms with Crippen LogP contribution in [-0.4, -0.2) is 30.0 Å². The zero-order chi connectivity index (χ0) is 12.8. The van der Waals surface area contributed by atoms with Crippen LogP contribution in [0.3, 0.4) is 0 Å². The average molecular weight is 256 g/mol. The lowest BCUT2D eigenvalue weighted by molar-refractivity contribution is -0.138. The Morgan fingerprint density at radius 2 is 2.24 bits per heavy atom. The molecule has 0 bridgehead atoms. The van der Waals surface area contributed by atoms with Gasteiger partial charge >= 0.3 is 5.97 Å². The molecule has 1 aliphatic rings. The largest absolute Gasteiger partial charge is 0.463 e. The Bertz CT molecular complexity index is 350. The van der Waals surface area contributed by atoms with Crippen LogP contribution in [0.15, 0.2) is 16.3 Å². The highest BCUT2D eigenvalue weighted by atomic mass is 32.2. The lowest BCUT2D eigenvalue weighted by Gasteiger charge is -2.24. The Hall–Kier alpha value is -0.970. The van der Waals surface area contributed by atoms with Gasteiger partial charge in [-0.1, -0.05) is 25.1 Å². The van der Waals surface area contributed by atoms with E-state index in [-0.39, 0.29) is 12.0 Å². The van der Waals surface area contributed by atoms with Crippen LogP contribution >= 0.6 is 11.8 Å². The number of hydrogen-bond acceptors (Lipinski definition) is 5. The first-order valence-electron chi connectivity index (χ1n) is 5.90. The van der Waals surface area contributed by atoms with E-state index < -0.39 is 0 Å². The van der Waals surface area contributed by atoms with Crippen molar-refractivity contribution in [3.63, 3.8) is 0 Å². The first-order chi connectivity index (χ1) is 8.13. The molecule has 1 atom stereocenters. The third kappa shape index (κ3) is 3.49. The number of esters is 1. The zero-order valence-corrected chi connectivity index (χ0v) is 11.7. The second-order valence-corrected chi connectivity index (χ2v) is 4.62. The molecule has 5 heteroatoms. The van der Waals surface area contributed by atoms with Crippen molar-refractivity contribution in [2.75, 3.05) is 12.9 Å². The number of aliphatic imine (C=N–C) groups is 1. The van der Waals surface area contributed by atoms with Crippen LogP contribution in [0.1, 0.15) is 33.6 Å². The molecular formula is C12H20N2O2S. The molecule has 0 saturated carbocycles. The van der Waals surface area contributed by atoms with E-state index >= 15 is 0 Å². The van der Waals surface area contributed by atoms with Gasteiger partial charge in [0.25, 0.3) is 0 Å². The van der Waals surface area contributed by atoms with Crippen molar-refractivity contribution in [3.8, 4) is 0 Å². The summed E-state index contributed by atoms with van der Waals surface area (Å²) in [6.07, 6.45) is 3.83. The number of allylic oxidation sites excluding steroid dienone is 1. The van der Waals surface area contributed by atoms with Crippen LogP contribution in [0.2, 0.25) is 0 Å². The van der Waals surface area contributed by atoms with Crippen LogP contribution in [0.5, 0.6) is 0 Å². The van der Waals surface area contributed by atoms with Gasteiger partial charge in [0.2, 0.25) is 0 Å². The number of amidine groups is 1. The maximum atomic E-state index is 11.9. The van der Waals surface area contributed by atoms with Crippen LogP contribution < -0.4 is 5.32 Å². The third-order valence-electron chi connectivity index (χ3n) is 2.56. The van der Waals surface area contributed by atoms with Gasteiger partial charge in [-0.2, -0.15) is 0 Å². The van der Waals surface area contributed by atoms with Gasteiger partial charge in [0.1, 0.15) is 0 Å². The van der Waals surface area contributed by atoms with Gasteiger partial charge in [0.15, 0.2) is 5.17 Å². The highest BCUT2D eigenvalue weighted by Crippen LogP contribution is 2.23. The SMILES string of the molecule is CCC[C@H]1N=C(SC)NC(C)=C1C(=O)OCC. The maximum Gasteiger partial charge on any atom is 0.337 e. The molecule has 0 saturated heterocycles. The average Bonchev–Trinajstić information content (AvgIpc) is 2.29. The molecule has 0 aromatic heterocycles. The summed E-state index contributed by atoms with van der Waals surface area (Å²) in [7, 11) is 0. The molecule has 0 spiro atoms. The summed E-state index contributed by atoms with van der Waals surface area (Å²) in [5, 5.41) is 4.00. The molecule has 0 aliphatic carbocycles. The summed E-state index contributed by atoms with van der Waals surface area (Å²) in [6, 6.07) is -0.0669. The minimum Gasteiger partial charge on any atom is -0.463 e. The first kappa shape index (κ1) is 14.1. The third-order valence-corrected chi connectivity index (χ3v) is 3.15. The van der Waals surface area contributed by atoms with Gasteiger partial charge in [-0.3, -0.25) is 4.99 Å². The molecule has 0 amide bonds. The van der Waals surface area contributed by atoms with E-state index in [1.54, 1.807) is 11.8 Å². The Kier molecular flexibility index (Phi) is 5.55. The van der Waals surface area contributed by atoms with E-state index in [0.717, 1.165) is 23.7 Å². The van der Waals surface area contributed by atoms with Gasteiger partial charge in [-0.05, 0) is 26.5 Å². The molecule has 1 N–H and O–H groups in total. The van der Waals surface area contributed by atoms with E-state index in [9.17, 15) is 4.79 Å². The minimum absolute atomic E-state index is 0.0669. The number of ether oxygens (including phenoxy) is 1. The molecule has 0 unspecified atom stereocenters. The number of rotatable bonds is 4. The molecular weight excluding hydrogens is 236 g/mol. The van der Waals surface area contributed by atoms with E-state index in [1.165, 1.54) is 0 Å². The van der Waals surface area contributed by atoms with Crippen molar-refractivity contribution >= 4 is 22.9 Å². The predicted octanol–water partition coefficient (Wildman–Crippen LogP) is 2.31. The van der Waals surface area contributed by atoms with E-state index in [1.807, 2.05) is 20.1 Å². The Labute approximate surface area is 107 Å². The summed E-state index contributed by atoms with van der Waals surface area (Å²) in [4.78, 5) is 16.4. The summed E-state index contributed by atoms with van der Waals surface area (Å²) in [6.45, 7) is 6.21. The Morgan fingerprint density at radius 3 is 2.76 bits per heavy atom. The minimum atomic E-state index is -0.250. The number of thioether (sulfide) groups is 1. The standard InChI is InChI=1S/C12H20N2O2S/c1-5-7-9-10(11(15)16-6-2)8(3)13-12(14-9)17-4/h9H,5-7H2,1-4H3,(H,13,14)/t9-/m1/s1. The van der Waals surface area contributed by atoms with E-state index in [2.05, 4.69) is 17.2 Å². The molecule has 0 radical (unpaired) electrons. The molecule has 96 valence electrons. The van der Waals surface area contributed by atoms with Crippen molar-refractivity contribution in [1.82, 2.24) is 5.32 Å². The zero-order valence-electron chi connectivity index (χ0n) is 10.9. The Morgan fingerprint density at radius 1 is 1.53 bits per heavy atom. The maximum absolute atomic E-state index is 11.9. The van der Waals surface area contributed by atoms with Crippen molar-refractivity contribution in [2.45, 2.75) is 39.7 Å². The second-order valence-electron chi connectivity index (χ2n) is 3.83. The molecule has 1 heterocycles. The fraction of sp³-hybridized carbons (Fsp3) is 0.667. The fourth-order valence-corrected chi connectivity index (χ4v) is 2.29. The van der Waals surface area contributed by atoms with Crippen molar-refractivity contribution in [3.05, 3.63) is 11.3 Å². The molecule has 17 heavy (non-hydrogen) atoms. The van der Waals surface area contributed by atoms with Crippen molar-refractivity contribution in [1.29, 1.82) is 0 Å². The Balaban J connectivity index is 2.94. The lowest BCUT2D eigenvalue weighted by Crippen LogP contribution is -2.33. The number of hydrogen-bond donors (Lipinski definition) is 1. The van der Waals surface area contributed by atoms with Crippen LogP contribution in [0.4, 0.5) is 0 Å². The predicted molar refractivity (Wildman–Crippen MR) is 72.1 cm³/mol. The van der Waals surface area contributed by atoms with Crippen LogP contribution in [-0.2, 0) is 9.53 Å². The smallest absolute Gasteiger partial charge is 0.337 e. The quantitative estimate of drug-likeness (QED) is 0.784. The fourth-order valence-electron chi connectivity index (χ4n) is 1.80. The van der Waals surface area contributed by atoms with Gasteiger partial charge in [0, 0.05) is 5.70 Å². The number of carbonyl (C=O) groups is 1. The number of carbonyl (C=O) groups excluding carboxylic acids is 1. The molecule has 0 aromatic carbocycles. The topological polar surface area (TPSA) is 50.7 Å². The van der Waals surface area contributed by atoms with Gasteiger partial charge in [-0.25, -0.2) is 4.79 Å². The van der Waals surface area contributed by atoms with Crippen LogP contribution in [0, 0.1) is 0 Å². The lowest BCUT2D eigenvalue weighted by atomic mass is 10.0.